The highest BCUT2D eigenvalue weighted by atomic mass is 32.2. The van der Waals surface area contributed by atoms with Crippen LogP contribution >= 0.6 is 11.3 Å². The van der Waals surface area contributed by atoms with Crippen molar-refractivity contribution in [3.05, 3.63) is 40.9 Å². The Bertz CT molecular complexity index is 977. The van der Waals surface area contributed by atoms with Crippen LogP contribution < -0.4 is 10.2 Å². The van der Waals surface area contributed by atoms with Gasteiger partial charge in [0.2, 0.25) is 0 Å². The van der Waals surface area contributed by atoms with Crippen LogP contribution in [0.5, 0.6) is 0 Å². The van der Waals surface area contributed by atoms with Gasteiger partial charge in [-0.05, 0) is 37.1 Å². The maximum absolute atomic E-state index is 12.7. The molecule has 2 aliphatic rings. The second-order valence-corrected chi connectivity index (χ2v) is 11.1. The molecular formula is C21H28N4O4S2. The summed E-state index contributed by atoms with van der Waals surface area (Å²) in [5.74, 6) is 0.690. The van der Waals surface area contributed by atoms with Crippen molar-refractivity contribution in [1.29, 1.82) is 0 Å². The number of anilines is 1. The lowest BCUT2D eigenvalue weighted by molar-refractivity contribution is 0.0731. The van der Waals surface area contributed by atoms with E-state index in [1.165, 1.54) is 41.3 Å². The first-order chi connectivity index (χ1) is 15.0. The van der Waals surface area contributed by atoms with Gasteiger partial charge in [-0.25, -0.2) is 13.4 Å². The van der Waals surface area contributed by atoms with Crippen LogP contribution in [0.4, 0.5) is 5.82 Å². The number of rotatable bonds is 6. The number of amides is 1. The summed E-state index contributed by atoms with van der Waals surface area (Å²) in [6, 6.07) is 7.05. The van der Waals surface area contributed by atoms with Gasteiger partial charge in [0.25, 0.3) is 15.9 Å². The number of thiophene rings is 1. The average Bonchev–Trinajstić information content (AvgIpc) is 3.13. The number of aromatic nitrogens is 1. The molecule has 0 aromatic carbocycles. The van der Waals surface area contributed by atoms with Crippen molar-refractivity contribution in [3.63, 3.8) is 0 Å². The fraction of sp³-hybridized carbons (Fsp3) is 0.524. The molecule has 4 rings (SSSR count). The third kappa shape index (κ3) is 5.43. The van der Waals surface area contributed by atoms with Gasteiger partial charge in [-0.15, -0.1) is 11.3 Å². The number of sulfonamides is 1. The van der Waals surface area contributed by atoms with E-state index in [-0.39, 0.29) is 12.5 Å². The molecule has 0 spiro atoms. The van der Waals surface area contributed by atoms with Gasteiger partial charge in [0.15, 0.2) is 0 Å². The Kier molecular flexibility index (Phi) is 7.21. The zero-order valence-corrected chi connectivity index (χ0v) is 19.1. The Morgan fingerprint density at radius 2 is 1.77 bits per heavy atom. The summed E-state index contributed by atoms with van der Waals surface area (Å²) in [5, 5.41) is 2.86. The summed E-state index contributed by atoms with van der Waals surface area (Å²) >= 11 is 1.19. The lowest BCUT2D eigenvalue weighted by atomic mass is 10.2. The van der Waals surface area contributed by atoms with E-state index < -0.39 is 10.0 Å². The smallest absolute Gasteiger partial charge is 0.253 e. The number of nitrogens with zero attached hydrogens (tertiary/aromatic N) is 3. The quantitative estimate of drug-likeness (QED) is 0.706. The van der Waals surface area contributed by atoms with E-state index in [2.05, 4.69) is 15.2 Å². The van der Waals surface area contributed by atoms with E-state index >= 15 is 0 Å². The molecule has 0 bridgehead atoms. The van der Waals surface area contributed by atoms with Crippen LogP contribution in [0.2, 0.25) is 0 Å². The van der Waals surface area contributed by atoms with E-state index in [1.807, 2.05) is 6.07 Å². The maximum Gasteiger partial charge on any atom is 0.253 e. The Hall–Kier alpha value is -2.01. The first-order valence-corrected chi connectivity index (χ1v) is 13.0. The number of morpholine rings is 1. The van der Waals surface area contributed by atoms with E-state index in [0.29, 0.717) is 36.1 Å². The van der Waals surface area contributed by atoms with Crippen LogP contribution in [0.3, 0.4) is 0 Å². The van der Waals surface area contributed by atoms with E-state index in [1.54, 1.807) is 24.4 Å². The molecule has 31 heavy (non-hydrogen) atoms. The molecule has 4 heterocycles. The van der Waals surface area contributed by atoms with Crippen LogP contribution in [0.1, 0.15) is 40.9 Å². The molecule has 8 nitrogen and oxygen atoms in total. The van der Waals surface area contributed by atoms with Gasteiger partial charge in [0.1, 0.15) is 10.0 Å². The molecule has 168 valence electrons. The van der Waals surface area contributed by atoms with Gasteiger partial charge < -0.3 is 15.0 Å². The summed E-state index contributed by atoms with van der Waals surface area (Å²) < 4.78 is 32.4. The highest BCUT2D eigenvalue weighted by Gasteiger charge is 2.27. The van der Waals surface area contributed by atoms with Crippen LogP contribution in [0, 0.1) is 0 Å². The predicted molar refractivity (Wildman–Crippen MR) is 120 cm³/mol. The fourth-order valence-electron chi connectivity index (χ4n) is 3.78. The standard InChI is InChI=1S/C21H28N4O4S2/c26-21(17-5-7-19(22-15-17)24-9-3-1-2-4-10-24)23-16-18-6-8-20(30-18)31(27,28)25-11-13-29-14-12-25/h5-8,15H,1-4,9-14,16H2,(H,23,26). The second-order valence-electron chi connectivity index (χ2n) is 7.73. The number of hydrogen-bond acceptors (Lipinski definition) is 7. The Morgan fingerprint density at radius 1 is 1.03 bits per heavy atom. The van der Waals surface area contributed by atoms with Gasteiger partial charge in [0.05, 0.1) is 25.3 Å². The van der Waals surface area contributed by atoms with Crippen molar-refractivity contribution < 1.29 is 17.9 Å². The van der Waals surface area contributed by atoms with Crippen molar-refractivity contribution >= 4 is 33.1 Å². The van der Waals surface area contributed by atoms with Gasteiger partial charge in [-0.1, -0.05) is 12.8 Å². The van der Waals surface area contributed by atoms with Crippen LogP contribution in [0.25, 0.3) is 0 Å². The normalized spacial score (nSPS) is 18.5. The molecule has 1 N–H and O–H groups in total. The van der Waals surface area contributed by atoms with Gasteiger partial charge >= 0.3 is 0 Å². The number of nitrogens with one attached hydrogen (secondary N) is 1. The fourth-order valence-corrected chi connectivity index (χ4v) is 6.64. The van der Waals surface area contributed by atoms with Crippen molar-refractivity contribution in [3.8, 4) is 0 Å². The molecule has 0 aliphatic carbocycles. The van der Waals surface area contributed by atoms with Crippen molar-refractivity contribution in [2.24, 2.45) is 0 Å². The molecule has 2 aromatic rings. The number of ether oxygens (including phenoxy) is 1. The molecule has 2 aromatic heterocycles. The first-order valence-electron chi connectivity index (χ1n) is 10.7. The molecule has 0 radical (unpaired) electrons. The van der Waals surface area contributed by atoms with Gasteiger partial charge in [0, 0.05) is 37.3 Å². The molecule has 0 saturated carbocycles. The van der Waals surface area contributed by atoms with Crippen molar-refractivity contribution in [2.45, 2.75) is 36.4 Å². The summed E-state index contributed by atoms with van der Waals surface area (Å²) in [5.41, 5.74) is 0.497. The highest BCUT2D eigenvalue weighted by Crippen LogP contribution is 2.25. The molecule has 2 saturated heterocycles. The largest absolute Gasteiger partial charge is 0.379 e. The highest BCUT2D eigenvalue weighted by molar-refractivity contribution is 7.91. The summed E-state index contributed by atoms with van der Waals surface area (Å²) in [7, 11) is -3.51. The third-order valence-corrected chi connectivity index (χ3v) is 9.02. The predicted octanol–water partition coefficient (Wildman–Crippen LogP) is 2.47. The maximum atomic E-state index is 12.7. The summed E-state index contributed by atoms with van der Waals surface area (Å²) in [4.78, 5) is 20.1. The Labute approximate surface area is 187 Å². The number of pyridine rings is 1. The van der Waals surface area contributed by atoms with Crippen LogP contribution in [-0.2, 0) is 21.3 Å². The second kappa shape index (κ2) is 10.1. The van der Waals surface area contributed by atoms with Crippen LogP contribution in [-0.4, -0.2) is 63.0 Å². The van der Waals surface area contributed by atoms with Gasteiger partial charge in [-0.3, -0.25) is 4.79 Å². The molecule has 0 atom stereocenters. The molecular weight excluding hydrogens is 436 g/mol. The first kappa shape index (κ1) is 22.2. The van der Waals surface area contributed by atoms with Gasteiger partial charge in [-0.2, -0.15) is 4.31 Å². The average molecular weight is 465 g/mol. The minimum atomic E-state index is -3.51. The minimum absolute atomic E-state index is 0.221. The zero-order valence-electron chi connectivity index (χ0n) is 17.5. The zero-order chi connectivity index (χ0) is 21.7. The third-order valence-electron chi connectivity index (χ3n) is 5.56. The van der Waals surface area contributed by atoms with E-state index in [4.69, 9.17) is 4.74 Å². The van der Waals surface area contributed by atoms with Crippen molar-refractivity contribution in [1.82, 2.24) is 14.6 Å². The lowest BCUT2D eigenvalue weighted by Crippen LogP contribution is -2.40. The summed E-state index contributed by atoms with van der Waals surface area (Å²) in [6.45, 7) is 3.85. The van der Waals surface area contributed by atoms with Crippen LogP contribution in [0.15, 0.2) is 34.7 Å². The molecule has 0 unspecified atom stereocenters. The molecule has 10 heteroatoms. The Balaban J connectivity index is 1.33. The minimum Gasteiger partial charge on any atom is -0.379 e. The monoisotopic (exact) mass is 464 g/mol. The summed E-state index contributed by atoms with van der Waals surface area (Å²) in [6.07, 6.45) is 6.48. The van der Waals surface area contributed by atoms with E-state index in [0.717, 1.165) is 23.8 Å². The molecule has 1 amide bonds. The van der Waals surface area contributed by atoms with E-state index in [9.17, 15) is 13.2 Å². The topological polar surface area (TPSA) is 91.8 Å². The van der Waals surface area contributed by atoms with Crippen molar-refractivity contribution in [2.75, 3.05) is 44.3 Å². The Morgan fingerprint density at radius 3 is 2.45 bits per heavy atom. The number of carbonyl (C=O) groups excluding carboxylic acids is 1. The number of carbonyl (C=O) groups is 1. The molecule has 2 fully saturated rings. The molecule has 2 aliphatic heterocycles. The lowest BCUT2D eigenvalue weighted by Gasteiger charge is -2.25. The SMILES string of the molecule is O=C(NCc1ccc(S(=O)(=O)N2CCOCC2)s1)c1ccc(N2CCCCCC2)nc1. The number of hydrogen-bond donors (Lipinski definition) is 1.